The highest BCUT2D eigenvalue weighted by atomic mass is 79.9. The molecule has 2 aliphatic rings. The van der Waals surface area contributed by atoms with Crippen molar-refractivity contribution in [3.8, 4) is 0 Å². The fourth-order valence-corrected chi connectivity index (χ4v) is 5.55. The number of aromatic amines is 1. The maximum Gasteiger partial charge on any atom is 0.257 e. The summed E-state index contributed by atoms with van der Waals surface area (Å²) in [6.07, 6.45) is 1.97. The summed E-state index contributed by atoms with van der Waals surface area (Å²) in [6, 6.07) is 14.2. The van der Waals surface area contributed by atoms with Crippen LogP contribution in [-0.4, -0.2) is 15.8 Å². The predicted octanol–water partition coefficient (Wildman–Crippen LogP) is 5.53. The number of carbonyl (C=O) groups excluding carboxylic acids is 1. The van der Waals surface area contributed by atoms with Crippen LogP contribution in [0.15, 0.2) is 74.2 Å². The summed E-state index contributed by atoms with van der Waals surface area (Å²) in [5.74, 6) is 0.0997. The van der Waals surface area contributed by atoms with Crippen molar-refractivity contribution in [2.24, 2.45) is 0 Å². The summed E-state index contributed by atoms with van der Waals surface area (Å²) in [5.41, 5.74) is 3.04. The van der Waals surface area contributed by atoms with E-state index >= 15 is 0 Å². The van der Waals surface area contributed by atoms with Crippen molar-refractivity contribution < 1.29 is 9.18 Å². The molecular weight excluding hydrogens is 493 g/mol. The number of Topliss-reactive ketones (excluding diaryl/α,β-unsaturated/α-hetero) is 1. The molecule has 162 valence electrons. The number of fused-ring (bicyclic) bond motifs is 1. The van der Waals surface area contributed by atoms with Gasteiger partial charge in [-0.2, -0.15) is 0 Å². The van der Waals surface area contributed by atoms with E-state index in [0.29, 0.717) is 39.8 Å². The Bertz CT molecular complexity index is 1320. The second-order valence-electron chi connectivity index (χ2n) is 7.80. The summed E-state index contributed by atoms with van der Waals surface area (Å²) in [5, 5.41) is 3.67. The Balaban J connectivity index is 1.57. The van der Waals surface area contributed by atoms with Crippen LogP contribution in [0.4, 0.5) is 10.2 Å². The first-order valence-corrected chi connectivity index (χ1v) is 12.1. The minimum Gasteiger partial charge on any atom is -0.343 e. The minimum atomic E-state index is -0.478. The maximum atomic E-state index is 14.0. The van der Waals surface area contributed by atoms with Crippen molar-refractivity contribution in [3.05, 3.63) is 97.1 Å². The van der Waals surface area contributed by atoms with E-state index in [1.165, 1.54) is 17.8 Å². The maximum absolute atomic E-state index is 14.0. The van der Waals surface area contributed by atoms with Gasteiger partial charge in [0.25, 0.3) is 5.56 Å². The lowest BCUT2D eigenvalue weighted by molar-refractivity contribution is -0.116. The lowest BCUT2D eigenvalue weighted by Crippen LogP contribution is -2.32. The molecule has 1 unspecified atom stereocenters. The first kappa shape index (κ1) is 21.2. The fourth-order valence-electron chi connectivity index (χ4n) is 4.29. The van der Waals surface area contributed by atoms with Gasteiger partial charge in [-0.15, -0.1) is 0 Å². The van der Waals surface area contributed by atoms with E-state index in [2.05, 4.69) is 31.2 Å². The highest BCUT2D eigenvalue weighted by Gasteiger charge is 2.37. The SMILES string of the molecule is O=C1CCCC2=C1C(c1cccc(Br)c1)c1c(nc(SCc3ccccc3F)[nH]c1=O)N2. The number of nitrogens with zero attached hydrogens (tertiary/aromatic N) is 1. The van der Waals surface area contributed by atoms with E-state index in [4.69, 9.17) is 0 Å². The van der Waals surface area contributed by atoms with Crippen molar-refractivity contribution in [2.75, 3.05) is 5.32 Å². The monoisotopic (exact) mass is 511 g/mol. The van der Waals surface area contributed by atoms with E-state index < -0.39 is 5.92 Å². The molecule has 5 nitrogen and oxygen atoms in total. The quantitative estimate of drug-likeness (QED) is 0.355. The van der Waals surface area contributed by atoms with E-state index in [9.17, 15) is 14.0 Å². The first-order valence-electron chi connectivity index (χ1n) is 10.3. The van der Waals surface area contributed by atoms with E-state index in [1.54, 1.807) is 18.2 Å². The molecule has 0 saturated heterocycles. The number of rotatable bonds is 4. The number of halogens is 2. The van der Waals surface area contributed by atoms with Gasteiger partial charge >= 0.3 is 0 Å². The van der Waals surface area contributed by atoms with Crippen molar-refractivity contribution in [3.63, 3.8) is 0 Å². The Morgan fingerprint density at radius 2 is 1.97 bits per heavy atom. The molecule has 1 atom stereocenters. The number of ketones is 1. The van der Waals surface area contributed by atoms with Gasteiger partial charge in [0.05, 0.1) is 5.56 Å². The van der Waals surface area contributed by atoms with Gasteiger partial charge in [-0.3, -0.25) is 9.59 Å². The fraction of sp³-hybridized carbons (Fsp3) is 0.208. The lowest BCUT2D eigenvalue weighted by atomic mass is 9.76. The Hall–Kier alpha value is -2.71. The zero-order valence-corrected chi connectivity index (χ0v) is 19.4. The van der Waals surface area contributed by atoms with Gasteiger partial charge < -0.3 is 10.3 Å². The average molecular weight is 512 g/mol. The second kappa shape index (κ2) is 8.67. The molecule has 0 radical (unpaired) electrons. The Morgan fingerprint density at radius 3 is 2.78 bits per heavy atom. The first-order chi connectivity index (χ1) is 15.5. The normalized spacial score (nSPS) is 17.6. The van der Waals surface area contributed by atoms with Crippen LogP contribution in [0.2, 0.25) is 0 Å². The van der Waals surface area contributed by atoms with Crippen LogP contribution >= 0.6 is 27.7 Å². The van der Waals surface area contributed by atoms with Crippen LogP contribution in [0, 0.1) is 5.82 Å². The average Bonchev–Trinajstić information content (AvgIpc) is 2.77. The van der Waals surface area contributed by atoms with Crippen molar-refractivity contribution in [1.82, 2.24) is 9.97 Å². The number of H-pyrrole nitrogens is 1. The molecule has 2 heterocycles. The van der Waals surface area contributed by atoms with Gasteiger partial charge in [-0.1, -0.05) is 58.0 Å². The molecular formula is C24H19BrFN3O2S. The summed E-state index contributed by atoms with van der Waals surface area (Å²) in [4.78, 5) is 33.6. The van der Waals surface area contributed by atoms with Gasteiger partial charge in [-0.05, 0) is 42.2 Å². The van der Waals surface area contributed by atoms with Gasteiger partial charge in [0, 0.05) is 33.8 Å². The van der Waals surface area contributed by atoms with Crippen molar-refractivity contribution in [1.29, 1.82) is 0 Å². The van der Waals surface area contributed by atoms with Gasteiger partial charge in [-0.25, -0.2) is 9.37 Å². The third-order valence-corrected chi connectivity index (χ3v) is 7.16. The summed E-state index contributed by atoms with van der Waals surface area (Å²) in [7, 11) is 0. The zero-order valence-electron chi connectivity index (χ0n) is 17.0. The number of aromatic nitrogens is 2. The molecule has 0 amide bonds. The van der Waals surface area contributed by atoms with Gasteiger partial charge in [0.2, 0.25) is 0 Å². The minimum absolute atomic E-state index is 0.0618. The lowest BCUT2D eigenvalue weighted by Gasteiger charge is -2.32. The molecule has 1 aliphatic carbocycles. The zero-order chi connectivity index (χ0) is 22.2. The van der Waals surface area contributed by atoms with Crippen LogP contribution in [0.5, 0.6) is 0 Å². The molecule has 32 heavy (non-hydrogen) atoms. The molecule has 1 aliphatic heterocycles. The van der Waals surface area contributed by atoms with E-state index in [-0.39, 0.29) is 17.2 Å². The number of nitrogens with one attached hydrogen (secondary N) is 2. The number of allylic oxidation sites excluding steroid dienone is 2. The van der Waals surface area contributed by atoms with Crippen LogP contribution in [0.1, 0.15) is 41.9 Å². The molecule has 0 bridgehead atoms. The van der Waals surface area contributed by atoms with Crippen LogP contribution in [-0.2, 0) is 10.5 Å². The molecule has 0 saturated carbocycles. The molecule has 0 fully saturated rings. The Morgan fingerprint density at radius 1 is 1.12 bits per heavy atom. The molecule has 8 heteroatoms. The van der Waals surface area contributed by atoms with Crippen LogP contribution in [0.3, 0.4) is 0 Å². The number of carbonyl (C=O) groups is 1. The number of hydrogen-bond donors (Lipinski definition) is 2. The topological polar surface area (TPSA) is 74.8 Å². The van der Waals surface area contributed by atoms with Gasteiger partial charge in [0.15, 0.2) is 10.9 Å². The van der Waals surface area contributed by atoms with Crippen molar-refractivity contribution >= 4 is 39.3 Å². The molecule has 0 spiro atoms. The highest BCUT2D eigenvalue weighted by molar-refractivity contribution is 9.10. The number of benzene rings is 2. The van der Waals surface area contributed by atoms with Crippen molar-refractivity contribution in [2.45, 2.75) is 36.1 Å². The molecule has 1 aromatic heterocycles. The largest absolute Gasteiger partial charge is 0.343 e. The Labute approximate surface area is 196 Å². The summed E-state index contributed by atoms with van der Waals surface area (Å²) in [6.45, 7) is 0. The standard InChI is InChI=1S/C24H19BrFN3O2S/c25-15-7-3-6-13(11-15)19-20-17(9-4-10-18(20)30)27-22-21(19)23(31)29-24(28-22)32-12-14-5-1-2-8-16(14)26/h1-3,5-8,11,19H,4,9-10,12H2,(H2,27,28,29,31). The molecule has 3 aromatic rings. The third kappa shape index (κ3) is 3.93. The third-order valence-electron chi connectivity index (χ3n) is 5.74. The Kier molecular flexibility index (Phi) is 5.73. The van der Waals surface area contributed by atoms with Crippen LogP contribution < -0.4 is 10.9 Å². The predicted molar refractivity (Wildman–Crippen MR) is 126 cm³/mol. The second-order valence-corrected chi connectivity index (χ2v) is 9.68. The summed E-state index contributed by atoms with van der Waals surface area (Å²) >= 11 is 4.77. The molecule has 5 rings (SSSR count). The highest BCUT2D eigenvalue weighted by Crippen LogP contribution is 2.43. The van der Waals surface area contributed by atoms with E-state index in [1.807, 2.05) is 24.3 Å². The smallest absolute Gasteiger partial charge is 0.257 e. The van der Waals surface area contributed by atoms with Crippen LogP contribution in [0.25, 0.3) is 0 Å². The number of anilines is 1. The van der Waals surface area contributed by atoms with Gasteiger partial charge in [0.1, 0.15) is 11.6 Å². The molecule has 2 N–H and O–H groups in total. The molecule has 2 aromatic carbocycles. The van der Waals surface area contributed by atoms with E-state index in [0.717, 1.165) is 28.6 Å². The summed E-state index contributed by atoms with van der Waals surface area (Å²) < 4.78 is 14.9. The number of hydrogen-bond acceptors (Lipinski definition) is 5. The number of thioether (sulfide) groups is 1.